The molecule has 1 aromatic carbocycles. The first-order chi connectivity index (χ1) is 9.41. The van der Waals surface area contributed by atoms with Crippen molar-refractivity contribution in [1.82, 2.24) is 0 Å². The Labute approximate surface area is 122 Å². The van der Waals surface area contributed by atoms with Crippen LogP contribution in [0.25, 0.3) is 0 Å². The van der Waals surface area contributed by atoms with Crippen LogP contribution in [0.4, 0.5) is 0 Å². The second kappa shape index (κ2) is 7.64. The molecule has 20 heavy (non-hydrogen) atoms. The fourth-order valence-corrected chi connectivity index (χ4v) is 2.45. The Hall–Kier alpha value is -1.07. The lowest BCUT2D eigenvalue weighted by Crippen LogP contribution is -2.21. The molecular weight excluding hydrogens is 307 g/mol. The summed E-state index contributed by atoms with van der Waals surface area (Å²) in [6, 6.07) is 6.51. The maximum Gasteiger partial charge on any atom is 0.370 e. The molecule has 1 atom stereocenters. The second-order valence-corrected chi connectivity index (χ2v) is 6.71. The van der Waals surface area contributed by atoms with Crippen LogP contribution < -0.4 is 4.74 Å². The van der Waals surface area contributed by atoms with Crippen LogP contribution in [0.3, 0.4) is 0 Å². The summed E-state index contributed by atoms with van der Waals surface area (Å²) < 4.78 is 31.5. The summed E-state index contributed by atoms with van der Waals surface area (Å²) in [7, 11) is -1.00. The van der Waals surface area contributed by atoms with Gasteiger partial charge in [0, 0.05) is 19.2 Å². The number of rotatable bonds is 7. The van der Waals surface area contributed by atoms with Crippen LogP contribution in [0, 0.1) is 0 Å². The summed E-state index contributed by atoms with van der Waals surface area (Å²) in [5, 5.41) is 0.565. The van der Waals surface area contributed by atoms with E-state index < -0.39 is 19.4 Å². The number of benzene rings is 1. The Morgan fingerprint density at radius 1 is 1.25 bits per heavy atom. The maximum atomic E-state index is 11.9. The lowest BCUT2D eigenvalue weighted by Gasteiger charge is -2.20. The van der Waals surface area contributed by atoms with E-state index in [4.69, 9.17) is 30.1 Å². The number of carbonyl (C=O) groups excluding carboxylic acids is 1. The summed E-state index contributed by atoms with van der Waals surface area (Å²) in [5.74, 6) is -1.22. The first-order valence-corrected chi connectivity index (χ1v) is 7.69. The smallest absolute Gasteiger partial charge is 0.370 e. The zero-order valence-corrected chi connectivity index (χ0v) is 13.0. The molecule has 1 unspecified atom stereocenters. The van der Waals surface area contributed by atoms with Crippen LogP contribution in [0.2, 0.25) is 5.02 Å². The first kappa shape index (κ1) is 17.0. The van der Waals surface area contributed by atoms with Gasteiger partial charge in [0.05, 0.1) is 0 Å². The van der Waals surface area contributed by atoms with Crippen molar-refractivity contribution in [1.29, 1.82) is 0 Å². The van der Waals surface area contributed by atoms with Gasteiger partial charge in [0.25, 0.3) is 0 Å². The van der Waals surface area contributed by atoms with Gasteiger partial charge >= 0.3 is 13.6 Å². The van der Waals surface area contributed by atoms with E-state index in [0.717, 1.165) is 0 Å². The number of carbonyl (C=O) groups is 1. The molecule has 0 aliphatic rings. The molecule has 1 aromatic rings. The molecule has 0 aliphatic carbocycles. The van der Waals surface area contributed by atoms with Gasteiger partial charge in [0.2, 0.25) is 0 Å². The van der Waals surface area contributed by atoms with Gasteiger partial charge in [-0.15, -0.1) is 0 Å². The summed E-state index contributed by atoms with van der Waals surface area (Å²) in [6.45, 7) is 1.10. The third kappa shape index (κ3) is 4.80. The van der Waals surface area contributed by atoms with Crippen LogP contribution in [-0.2, 0) is 23.1 Å². The maximum absolute atomic E-state index is 11.9. The van der Waals surface area contributed by atoms with E-state index in [1.165, 1.54) is 21.1 Å². The fourth-order valence-electron chi connectivity index (χ4n) is 1.33. The minimum Gasteiger partial charge on any atom is -0.482 e. The fraction of sp³-hybridized carbons (Fsp3) is 0.417. The number of hydrogen-bond acceptors (Lipinski definition) is 6. The Kier molecular flexibility index (Phi) is 6.49. The van der Waals surface area contributed by atoms with E-state index in [0.29, 0.717) is 10.8 Å². The van der Waals surface area contributed by atoms with Gasteiger partial charge in [-0.1, -0.05) is 11.6 Å². The van der Waals surface area contributed by atoms with Crippen LogP contribution in [0.5, 0.6) is 5.75 Å². The van der Waals surface area contributed by atoms with Gasteiger partial charge in [-0.2, -0.15) is 0 Å². The highest BCUT2D eigenvalue weighted by Crippen LogP contribution is 2.51. The first-order valence-electron chi connectivity index (χ1n) is 5.70. The molecule has 0 aromatic heterocycles. The molecule has 0 N–H and O–H groups in total. The van der Waals surface area contributed by atoms with Gasteiger partial charge in [0.15, 0.2) is 12.5 Å². The van der Waals surface area contributed by atoms with Crippen LogP contribution in [0.1, 0.15) is 6.92 Å². The SMILES string of the molecule is COP(=O)(OC)C(C)OC(=O)COc1ccc(Cl)cc1. The van der Waals surface area contributed by atoms with Gasteiger partial charge in [-0.05, 0) is 31.2 Å². The molecule has 112 valence electrons. The topological polar surface area (TPSA) is 71.1 Å². The molecule has 0 amide bonds. The largest absolute Gasteiger partial charge is 0.482 e. The van der Waals surface area contributed by atoms with Crippen molar-refractivity contribution >= 4 is 25.2 Å². The molecule has 0 bridgehead atoms. The zero-order chi connectivity index (χ0) is 15.2. The van der Waals surface area contributed by atoms with Crippen LogP contribution in [0.15, 0.2) is 24.3 Å². The van der Waals surface area contributed by atoms with Crippen molar-refractivity contribution in [3.05, 3.63) is 29.3 Å². The number of hydrogen-bond donors (Lipinski definition) is 0. The van der Waals surface area contributed by atoms with Crippen molar-refractivity contribution in [2.24, 2.45) is 0 Å². The van der Waals surface area contributed by atoms with Crippen LogP contribution in [-0.4, -0.2) is 32.6 Å². The Bertz CT molecular complexity index is 481. The Morgan fingerprint density at radius 2 is 1.80 bits per heavy atom. The highest BCUT2D eigenvalue weighted by Gasteiger charge is 2.33. The van der Waals surface area contributed by atoms with Gasteiger partial charge in [-0.3, -0.25) is 4.57 Å². The molecule has 0 radical (unpaired) electrons. The van der Waals surface area contributed by atoms with Crippen molar-refractivity contribution in [3.63, 3.8) is 0 Å². The van der Waals surface area contributed by atoms with E-state index in [9.17, 15) is 9.36 Å². The summed E-state index contributed by atoms with van der Waals surface area (Å²) in [5.41, 5.74) is 0. The van der Waals surface area contributed by atoms with E-state index in [1.807, 2.05) is 0 Å². The molecule has 0 aliphatic heterocycles. The number of halogens is 1. The van der Waals surface area contributed by atoms with Crippen molar-refractivity contribution in [3.8, 4) is 5.75 Å². The molecule has 8 heteroatoms. The highest BCUT2D eigenvalue weighted by molar-refractivity contribution is 7.54. The Morgan fingerprint density at radius 3 is 2.30 bits per heavy atom. The van der Waals surface area contributed by atoms with Crippen molar-refractivity contribution < 1.29 is 27.9 Å². The quantitative estimate of drug-likeness (QED) is 0.567. The second-order valence-electron chi connectivity index (χ2n) is 3.74. The minimum atomic E-state index is -3.44. The number of ether oxygens (including phenoxy) is 2. The lowest BCUT2D eigenvalue weighted by molar-refractivity contribution is -0.148. The third-order valence-corrected chi connectivity index (χ3v) is 4.69. The Balaban J connectivity index is 2.48. The van der Waals surface area contributed by atoms with E-state index >= 15 is 0 Å². The zero-order valence-electron chi connectivity index (χ0n) is 11.4. The molecule has 0 saturated carbocycles. The summed E-state index contributed by atoms with van der Waals surface area (Å²) >= 11 is 5.72. The van der Waals surface area contributed by atoms with Crippen LogP contribution >= 0.6 is 19.2 Å². The number of esters is 1. The van der Waals surface area contributed by atoms with Crippen molar-refractivity contribution in [2.45, 2.75) is 12.8 Å². The minimum absolute atomic E-state index is 0.320. The normalized spacial score (nSPS) is 12.8. The molecule has 1 rings (SSSR count). The molecule has 6 nitrogen and oxygen atoms in total. The molecule has 0 spiro atoms. The van der Waals surface area contributed by atoms with E-state index in [1.54, 1.807) is 24.3 Å². The molecule has 0 heterocycles. The van der Waals surface area contributed by atoms with E-state index in [-0.39, 0.29) is 6.61 Å². The predicted octanol–water partition coefficient (Wildman–Crippen LogP) is 3.09. The van der Waals surface area contributed by atoms with Gasteiger partial charge in [0.1, 0.15) is 5.75 Å². The van der Waals surface area contributed by atoms with Gasteiger partial charge in [-0.25, -0.2) is 4.79 Å². The standard InChI is InChI=1S/C12H16ClO6P/c1-9(20(15,16-2)17-3)19-12(14)8-18-11-6-4-10(13)5-7-11/h4-7,9H,8H2,1-3H3. The summed E-state index contributed by atoms with van der Waals surface area (Å²) in [6.07, 6.45) is 0. The highest BCUT2D eigenvalue weighted by atomic mass is 35.5. The molecule has 0 saturated heterocycles. The predicted molar refractivity (Wildman–Crippen MR) is 74.1 cm³/mol. The van der Waals surface area contributed by atoms with E-state index in [2.05, 4.69) is 0 Å². The van der Waals surface area contributed by atoms with Crippen molar-refractivity contribution in [2.75, 3.05) is 20.8 Å². The average molecular weight is 323 g/mol. The lowest BCUT2D eigenvalue weighted by atomic mass is 10.3. The molecule has 0 fully saturated rings. The van der Waals surface area contributed by atoms with Gasteiger partial charge < -0.3 is 18.5 Å². The third-order valence-electron chi connectivity index (χ3n) is 2.43. The average Bonchev–Trinajstić information content (AvgIpc) is 2.45. The summed E-state index contributed by atoms with van der Waals surface area (Å²) in [4.78, 5) is 11.6. The molecular formula is C12H16ClO6P. The monoisotopic (exact) mass is 322 g/mol.